The number of nitrogens with zero attached hydrogens (tertiary/aromatic N) is 5. The molecule has 0 atom stereocenters. The van der Waals surface area contributed by atoms with Crippen LogP contribution in [0.5, 0.6) is 11.5 Å². The van der Waals surface area contributed by atoms with Crippen molar-refractivity contribution in [3.05, 3.63) is 127 Å². The number of hydrogen-bond donors (Lipinski definition) is 0. The fourth-order valence-electron chi connectivity index (χ4n) is 6.93. The van der Waals surface area contributed by atoms with E-state index in [9.17, 15) is 0 Å². The van der Waals surface area contributed by atoms with Gasteiger partial charge in [-0.25, -0.2) is 4.98 Å². The van der Waals surface area contributed by atoms with Gasteiger partial charge in [-0.05, 0) is 66.0 Å². The summed E-state index contributed by atoms with van der Waals surface area (Å²) in [6, 6.07) is 36.4. The van der Waals surface area contributed by atoms with Gasteiger partial charge in [0.25, 0.3) is 0 Å². The lowest BCUT2D eigenvalue weighted by Crippen LogP contribution is -2.54. The molecule has 4 heterocycles. The molecule has 8 rings (SSSR count). The van der Waals surface area contributed by atoms with Crippen LogP contribution in [0.25, 0.3) is 27.6 Å². The minimum Gasteiger partial charge on any atom is -0.457 e. The standard InChI is InChI=1S/C38H36BN5O/c1-38(2,3)26-19-20-40-37(21-26)44-32-14-10-9-13-30(32)31-17-15-28(22-34(31)44)45-29-16-18-33-35(23-29)43-25-41(4)24-36(43)39(42(33)5)27-11-7-6-8-12-27/h6-24H,25H2,1-5H3. The summed E-state index contributed by atoms with van der Waals surface area (Å²) in [5.41, 5.74) is 8.36. The summed E-state index contributed by atoms with van der Waals surface area (Å²) in [6.45, 7) is 7.66. The highest BCUT2D eigenvalue weighted by Crippen LogP contribution is 2.43. The Morgan fingerprint density at radius 2 is 1.47 bits per heavy atom. The van der Waals surface area contributed by atoms with E-state index in [1.807, 2.05) is 6.20 Å². The zero-order chi connectivity index (χ0) is 30.9. The Kier molecular flexibility index (Phi) is 6.21. The SMILES string of the molecule is CN1C=C2B(c3ccccc3)N(C)c3ccc(Oc4ccc5c6ccccc6n(-c6cc(C(C)(C)C)ccn6)c5c4)cc3N2C1. The molecule has 7 heteroatoms. The molecule has 2 aliphatic heterocycles. The van der Waals surface area contributed by atoms with Gasteiger partial charge in [0.1, 0.15) is 17.3 Å². The topological polar surface area (TPSA) is 36.8 Å². The molecule has 45 heavy (non-hydrogen) atoms. The number of rotatable bonds is 4. The highest BCUT2D eigenvalue weighted by Gasteiger charge is 2.41. The maximum atomic E-state index is 6.63. The van der Waals surface area contributed by atoms with Crippen molar-refractivity contribution >= 4 is 45.5 Å². The van der Waals surface area contributed by atoms with Crippen LogP contribution in [0, 0.1) is 0 Å². The Morgan fingerprint density at radius 1 is 0.733 bits per heavy atom. The summed E-state index contributed by atoms with van der Waals surface area (Å²) < 4.78 is 8.89. The fourth-order valence-corrected chi connectivity index (χ4v) is 6.93. The highest BCUT2D eigenvalue weighted by molar-refractivity contribution is 6.84. The van der Waals surface area contributed by atoms with E-state index in [-0.39, 0.29) is 12.3 Å². The Labute approximate surface area is 264 Å². The van der Waals surface area contributed by atoms with E-state index in [1.165, 1.54) is 33.1 Å². The van der Waals surface area contributed by atoms with Gasteiger partial charge in [-0.3, -0.25) is 4.57 Å². The minimum absolute atomic E-state index is 0.0194. The Balaban J connectivity index is 1.20. The Morgan fingerprint density at radius 3 is 2.29 bits per heavy atom. The maximum absolute atomic E-state index is 6.63. The molecule has 0 amide bonds. The molecule has 4 aromatic carbocycles. The van der Waals surface area contributed by atoms with Crippen molar-refractivity contribution in [1.82, 2.24) is 14.5 Å². The van der Waals surface area contributed by atoms with Gasteiger partial charge in [0, 0.05) is 53.6 Å². The van der Waals surface area contributed by atoms with Crippen molar-refractivity contribution in [2.45, 2.75) is 26.2 Å². The molecule has 0 saturated carbocycles. The van der Waals surface area contributed by atoms with Crippen molar-refractivity contribution in [3.63, 3.8) is 0 Å². The lowest BCUT2D eigenvalue weighted by Gasteiger charge is -2.41. The molecule has 0 spiro atoms. The molecule has 0 radical (unpaired) electrons. The van der Waals surface area contributed by atoms with Crippen LogP contribution in [0.2, 0.25) is 0 Å². The largest absolute Gasteiger partial charge is 0.457 e. The number of aromatic nitrogens is 2. The number of pyridine rings is 1. The minimum atomic E-state index is 0.0194. The van der Waals surface area contributed by atoms with E-state index in [2.05, 4.69) is 163 Å². The second-order valence-corrected chi connectivity index (χ2v) is 13.2. The molecule has 2 aromatic heterocycles. The van der Waals surface area contributed by atoms with E-state index < -0.39 is 0 Å². The van der Waals surface area contributed by atoms with Crippen LogP contribution >= 0.6 is 0 Å². The van der Waals surface area contributed by atoms with E-state index in [0.29, 0.717) is 0 Å². The predicted octanol–water partition coefficient (Wildman–Crippen LogP) is 7.71. The van der Waals surface area contributed by atoms with Crippen LogP contribution in [-0.2, 0) is 5.41 Å². The third-order valence-electron chi connectivity index (χ3n) is 9.15. The van der Waals surface area contributed by atoms with Gasteiger partial charge in [0.05, 0.1) is 23.4 Å². The highest BCUT2D eigenvalue weighted by atomic mass is 16.5. The molecule has 0 aliphatic carbocycles. The molecule has 0 fully saturated rings. The predicted molar refractivity (Wildman–Crippen MR) is 187 cm³/mol. The quantitative estimate of drug-likeness (QED) is 0.197. The summed E-state index contributed by atoms with van der Waals surface area (Å²) in [5.74, 6) is 2.51. The molecule has 222 valence electrons. The van der Waals surface area contributed by atoms with Gasteiger partial charge in [-0.1, -0.05) is 69.3 Å². The first kappa shape index (κ1) is 27.4. The van der Waals surface area contributed by atoms with Gasteiger partial charge in [-0.15, -0.1) is 0 Å². The summed E-state index contributed by atoms with van der Waals surface area (Å²) in [4.78, 5) is 11.9. The first-order valence-corrected chi connectivity index (χ1v) is 15.6. The molecule has 6 nitrogen and oxygen atoms in total. The zero-order valence-corrected chi connectivity index (χ0v) is 26.4. The van der Waals surface area contributed by atoms with E-state index >= 15 is 0 Å². The van der Waals surface area contributed by atoms with Gasteiger partial charge in [0.15, 0.2) is 0 Å². The van der Waals surface area contributed by atoms with Gasteiger partial charge >= 0.3 is 6.85 Å². The first-order valence-electron chi connectivity index (χ1n) is 15.6. The Hall–Kier alpha value is -5.17. The fraction of sp³-hybridized carbons (Fsp3) is 0.184. The third kappa shape index (κ3) is 4.53. The third-order valence-corrected chi connectivity index (χ3v) is 9.15. The lowest BCUT2D eigenvalue weighted by molar-refractivity contribution is 0.481. The summed E-state index contributed by atoms with van der Waals surface area (Å²) in [5, 5.41) is 2.37. The van der Waals surface area contributed by atoms with Crippen LogP contribution < -0.4 is 19.9 Å². The van der Waals surface area contributed by atoms with Crippen molar-refractivity contribution < 1.29 is 4.74 Å². The first-order chi connectivity index (χ1) is 21.8. The normalized spacial score (nSPS) is 14.6. The van der Waals surface area contributed by atoms with Crippen LogP contribution in [0.3, 0.4) is 0 Å². The second kappa shape index (κ2) is 10.2. The average molecular weight is 590 g/mol. The number of ether oxygens (including phenoxy) is 1. The second-order valence-electron chi connectivity index (χ2n) is 13.2. The molecule has 0 N–H and O–H groups in total. The smallest absolute Gasteiger partial charge is 0.342 e. The number of anilines is 2. The number of hydrogen-bond acceptors (Lipinski definition) is 5. The van der Waals surface area contributed by atoms with Crippen molar-refractivity contribution in [2.75, 3.05) is 30.5 Å². The molecular formula is C38H36BN5O. The number of fused-ring (bicyclic) bond motifs is 6. The number of benzene rings is 4. The van der Waals surface area contributed by atoms with Gasteiger partial charge in [0.2, 0.25) is 0 Å². The summed E-state index contributed by atoms with van der Waals surface area (Å²) in [7, 11) is 4.32. The monoisotopic (exact) mass is 589 g/mol. The lowest BCUT2D eigenvalue weighted by atomic mass is 9.50. The van der Waals surface area contributed by atoms with Crippen molar-refractivity contribution in [3.8, 4) is 17.3 Å². The number of para-hydroxylation sites is 1. The molecule has 0 unspecified atom stereocenters. The van der Waals surface area contributed by atoms with Crippen LogP contribution in [0.4, 0.5) is 11.4 Å². The molecular weight excluding hydrogens is 553 g/mol. The summed E-state index contributed by atoms with van der Waals surface area (Å²) in [6.07, 6.45) is 4.18. The van der Waals surface area contributed by atoms with Crippen molar-refractivity contribution in [1.29, 1.82) is 0 Å². The zero-order valence-electron chi connectivity index (χ0n) is 26.4. The summed E-state index contributed by atoms with van der Waals surface area (Å²) >= 11 is 0. The van der Waals surface area contributed by atoms with E-state index in [0.717, 1.165) is 40.7 Å². The molecule has 2 aliphatic rings. The average Bonchev–Trinajstić information content (AvgIpc) is 3.58. The molecule has 0 bridgehead atoms. The van der Waals surface area contributed by atoms with Gasteiger partial charge < -0.3 is 19.3 Å². The molecule has 0 saturated heterocycles. The van der Waals surface area contributed by atoms with Crippen LogP contribution in [0.1, 0.15) is 26.3 Å². The Bertz CT molecular complexity index is 2110. The van der Waals surface area contributed by atoms with Crippen LogP contribution in [0.15, 0.2) is 121 Å². The molecule has 6 aromatic rings. The van der Waals surface area contributed by atoms with Gasteiger partial charge in [-0.2, -0.15) is 0 Å². The van der Waals surface area contributed by atoms with Crippen LogP contribution in [-0.4, -0.2) is 42.1 Å². The van der Waals surface area contributed by atoms with E-state index in [1.54, 1.807) is 0 Å². The maximum Gasteiger partial charge on any atom is 0.342 e. The van der Waals surface area contributed by atoms with E-state index in [4.69, 9.17) is 9.72 Å². The van der Waals surface area contributed by atoms with Crippen molar-refractivity contribution in [2.24, 2.45) is 0 Å².